The molecule has 1 amide bonds. The van der Waals surface area contributed by atoms with Crippen molar-refractivity contribution in [2.45, 2.75) is 210 Å². The number of nitrogens with one attached hydrogen (secondary N) is 1. The van der Waals surface area contributed by atoms with Crippen LogP contribution in [0.15, 0.2) is 60.8 Å². The van der Waals surface area contributed by atoms with Crippen molar-refractivity contribution in [3.63, 3.8) is 0 Å². The number of amides is 1. The summed E-state index contributed by atoms with van der Waals surface area (Å²) in [4.78, 5) is 13.1. The maximum absolute atomic E-state index is 13.1. The fraction of sp³-hybridized carbons (Fsp3) is 0.761. The summed E-state index contributed by atoms with van der Waals surface area (Å²) in [7, 11) is 0. The average molecular weight is 808 g/mol. The van der Waals surface area contributed by atoms with Gasteiger partial charge in [-0.2, -0.15) is 0 Å². The van der Waals surface area contributed by atoms with Crippen LogP contribution in [-0.4, -0.2) is 110 Å². The molecule has 9 atom stereocenters. The third kappa shape index (κ3) is 25.8. The van der Waals surface area contributed by atoms with Crippen LogP contribution >= 0.6 is 0 Å². The molecule has 0 radical (unpaired) electrons. The lowest BCUT2D eigenvalue weighted by atomic mass is 9.98. The minimum Gasteiger partial charge on any atom is -0.394 e. The summed E-state index contributed by atoms with van der Waals surface area (Å²) in [5.41, 5.74) is 0. The first-order valence-electron chi connectivity index (χ1n) is 22.2. The highest BCUT2D eigenvalue weighted by Crippen LogP contribution is 2.23. The SMILES string of the molecule is CCC/C=C/CC/C=C/CC/C=C/CCCC(O)C(O)C(COC1OC(CO)C(O)C(O)C1O)NC(=O)C(O)CCCCCCCC/C=C\C/C=C\CCCCC. The van der Waals surface area contributed by atoms with Crippen LogP contribution in [-0.2, 0) is 14.3 Å². The van der Waals surface area contributed by atoms with Crippen LogP contribution in [0.3, 0.4) is 0 Å². The van der Waals surface area contributed by atoms with Crippen molar-refractivity contribution in [2.75, 3.05) is 13.2 Å². The molecule has 1 saturated heterocycles. The predicted octanol–water partition coefficient (Wildman–Crippen LogP) is 6.77. The van der Waals surface area contributed by atoms with E-state index in [-0.39, 0.29) is 12.8 Å². The Morgan fingerprint density at radius 2 is 1.14 bits per heavy atom. The zero-order chi connectivity index (χ0) is 41.9. The van der Waals surface area contributed by atoms with E-state index in [1.807, 2.05) is 6.08 Å². The topological polar surface area (TPSA) is 189 Å². The summed E-state index contributed by atoms with van der Waals surface area (Å²) in [6.45, 7) is 3.29. The number of unbranched alkanes of at least 4 members (excludes halogenated alkanes) is 13. The molecule has 11 nitrogen and oxygen atoms in total. The van der Waals surface area contributed by atoms with E-state index in [2.05, 4.69) is 73.8 Å². The Hall–Kier alpha value is -2.19. The summed E-state index contributed by atoms with van der Waals surface area (Å²) in [5, 5.41) is 75.5. The van der Waals surface area contributed by atoms with Crippen LogP contribution in [0.4, 0.5) is 0 Å². The second kappa shape index (κ2) is 35.7. The van der Waals surface area contributed by atoms with Gasteiger partial charge in [0, 0.05) is 0 Å². The third-order valence-corrected chi connectivity index (χ3v) is 10.2. The summed E-state index contributed by atoms with van der Waals surface area (Å²) in [6, 6.07) is -1.20. The molecule has 0 spiro atoms. The number of ether oxygens (including phenoxy) is 2. The number of aliphatic hydroxyl groups is 7. The highest BCUT2D eigenvalue weighted by atomic mass is 16.7. The summed E-state index contributed by atoms with van der Waals surface area (Å²) >= 11 is 0. The van der Waals surface area contributed by atoms with Crippen molar-refractivity contribution in [2.24, 2.45) is 0 Å². The first-order chi connectivity index (χ1) is 27.7. The molecule has 0 aliphatic carbocycles. The van der Waals surface area contributed by atoms with Crippen molar-refractivity contribution in [3.8, 4) is 0 Å². The number of hydrogen-bond donors (Lipinski definition) is 8. The van der Waals surface area contributed by atoms with Gasteiger partial charge in [0.1, 0.15) is 36.6 Å². The second-order valence-corrected chi connectivity index (χ2v) is 15.4. The number of rotatable bonds is 35. The van der Waals surface area contributed by atoms with Crippen LogP contribution < -0.4 is 5.32 Å². The Kier molecular flexibility index (Phi) is 33.1. The monoisotopic (exact) mass is 808 g/mol. The van der Waals surface area contributed by atoms with Gasteiger partial charge in [-0.15, -0.1) is 0 Å². The average Bonchev–Trinajstić information content (AvgIpc) is 3.21. The fourth-order valence-electron chi connectivity index (χ4n) is 6.51. The Labute approximate surface area is 344 Å². The number of allylic oxidation sites excluding steroid dienone is 10. The van der Waals surface area contributed by atoms with Gasteiger partial charge < -0.3 is 50.5 Å². The van der Waals surface area contributed by atoms with E-state index in [1.54, 1.807) is 0 Å². The maximum atomic E-state index is 13.1. The number of hydrogen-bond acceptors (Lipinski definition) is 10. The third-order valence-electron chi connectivity index (χ3n) is 10.2. The van der Waals surface area contributed by atoms with Crippen molar-refractivity contribution in [3.05, 3.63) is 60.8 Å². The van der Waals surface area contributed by atoms with Gasteiger partial charge in [-0.3, -0.25) is 4.79 Å². The smallest absolute Gasteiger partial charge is 0.249 e. The molecular weight excluding hydrogens is 727 g/mol. The molecule has 0 bridgehead atoms. The maximum Gasteiger partial charge on any atom is 0.249 e. The van der Waals surface area contributed by atoms with Gasteiger partial charge in [0.05, 0.1) is 25.4 Å². The minimum absolute atomic E-state index is 0.234. The standard InChI is InChI=1S/C46H81NO10/c1-3-5-7-9-11-13-15-17-19-20-22-24-26-28-30-32-34-39(50)45(55)47-37(36-56-46-44(54)43(53)42(52)40(35-48)57-46)41(51)38(49)33-31-29-27-25-23-21-18-16-14-12-10-8-6-4-2/h8,10-11,13,16-19,25,27,37-44,46,48-54H,3-7,9,12,14-15,20-24,26,28-36H2,1-2H3,(H,47,55)/b10-8+,13-11-,18-16+,19-17-,27-25+. The van der Waals surface area contributed by atoms with Gasteiger partial charge >= 0.3 is 0 Å². The lowest BCUT2D eigenvalue weighted by molar-refractivity contribution is -0.303. The molecule has 0 aromatic heterocycles. The molecule has 0 saturated carbocycles. The Morgan fingerprint density at radius 3 is 1.74 bits per heavy atom. The molecule has 1 heterocycles. The summed E-state index contributed by atoms with van der Waals surface area (Å²) in [5.74, 6) is -0.726. The molecule has 11 heteroatoms. The quantitative estimate of drug-likeness (QED) is 0.0251. The van der Waals surface area contributed by atoms with E-state index in [1.165, 1.54) is 25.7 Å². The van der Waals surface area contributed by atoms with Crippen LogP contribution in [0.1, 0.15) is 155 Å². The van der Waals surface area contributed by atoms with E-state index in [0.717, 1.165) is 83.5 Å². The van der Waals surface area contributed by atoms with Crippen molar-refractivity contribution >= 4 is 5.91 Å². The van der Waals surface area contributed by atoms with Gasteiger partial charge in [0.2, 0.25) is 5.91 Å². The predicted molar refractivity (Wildman–Crippen MR) is 228 cm³/mol. The molecular formula is C46H81NO10. The Bertz CT molecular complexity index is 1110. The molecule has 9 unspecified atom stereocenters. The van der Waals surface area contributed by atoms with E-state index in [9.17, 15) is 40.5 Å². The molecule has 0 aromatic carbocycles. The number of carbonyl (C=O) groups is 1. The highest BCUT2D eigenvalue weighted by molar-refractivity contribution is 5.80. The zero-order valence-electron chi connectivity index (χ0n) is 35.3. The Morgan fingerprint density at radius 1 is 0.614 bits per heavy atom. The minimum atomic E-state index is -1.68. The van der Waals surface area contributed by atoms with Gasteiger partial charge in [-0.25, -0.2) is 0 Å². The van der Waals surface area contributed by atoms with Crippen molar-refractivity contribution < 1.29 is 50.0 Å². The van der Waals surface area contributed by atoms with Gasteiger partial charge in [-0.1, -0.05) is 126 Å². The van der Waals surface area contributed by atoms with Crippen LogP contribution in [0.25, 0.3) is 0 Å². The molecule has 57 heavy (non-hydrogen) atoms. The molecule has 0 aromatic rings. The van der Waals surface area contributed by atoms with E-state index < -0.39 is 74.2 Å². The molecule has 1 fully saturated rings. The van der Waals surface area contributed by atoms with Crippen molar-refractivity contribution in [1.82, 2.24) is 5.32 Å². The molecule has 1 rings (SSSR count). The lowest BCUT2D eigenvalue weighted by Gasteiger charge is -2.40. The van der Waals surface area contributed by atoms with E-state index >= 15 is 0 Å². The fourth-order valence-corrected chi connectivity index (χ4v) is 6.51. The molecule has 330 valence electrons. The summed E-state index contributed by atoms with van der Waals surface area (Å²) in [6.07, 6.45) is 31.2. The zero-order valence-corrected chi connectivity index (χ0v) is 35.3. The Balaban J connectivity index is 2.53. The molecule has 1 aliphatic heterocycles. The lowest BCUT2D eigenvalue weighted by Crippen LogP contribution is -2.60. The summed E-state index contributed by atoms with van der Waals surface area (Å²) < 4.78 is 11.0. The normalized spacial score (nSPS) is 22.7. The van der Waals surface area contributed by atoms with Crippen LogP contribution in [0.2, 0.25) is 0 Å². The van der Waals surface area contributed by atoms with E-state index in [4.69, 9.17) is 9.47 Å². The number of aliphatic hydroxyl groups excluding tert-OH is 7. The first kappa shape index (κ1) is 52.8. The second-order valence-electron chi connectivity index (χ2n) is 15.4. The van der Waals surface area contributed by atoms with Crippen molar-refractivity contribution in [1.29, 1.82) is 0 Å². The van der Waals surface area contributed by atoms with E-state index in [0.29, 0.717) is 19.3 Å². The largest absolute Gasteiger partial charge is 0.394 e. The molecule has 1 aliphatic rings. The van der Waals surface area contributed by atoms with Gasteiger partial charge in [0.15, 0.2) is 6.29 Å². The van der Waals surface area contributed by atoms with Gasteiger partial charge in [0.25, 0.3) is 0 Å². The highest BCUT2D eigenvalue weighted by Gasteiger charge is 2.44. The number of carbonyl (C=O) groups excluding carboxylic acids is 1. The van der Waals surface area contributed by atoms with Crippen LogP contribution in [0.5, 0.6) is 0 Å². The molecule has 8 N–H and O–H groups in total. The van der Waals surface area contributed by atoms with Crippen LogP contribution in [0, 0.1) is 0 Å². The first-order valence-corrected chi connectivity index (χ1v) is 22.2. The van der Waals surface area contributed by atoms with Gasteiger partial charge in [-0.05, 0) is 89.9 Å².